The highest BCUT2D eigenvalue weighted by atomic mass is 16.3. The molecular formula is C12H14O. The number of hydrogen-bond donors (Lipinski definition) is 1. The minimum atomic E-state index is -0.604. The van der Waals surface area contributed by atoms with Crippen LogP contribution in [0.15, 0.2) is 37.4 Å². The first kappa shape index (κ1) is 9.75. The smallest absolute Gasteiger partial charge is 0.0975 e. The van der Waals surface area contributed by atoms with Gasteiger partial charge in [-0.25, -0.2) is 0 Å². The van der Waals surface area contributed by atoms with Crippen LogP contribution in [0.2, 0.25) is 0 Å². The van der Waals surface area contributed by atoms with E-state index in [0.29, 0.717) is 0 Å². The molecule has 1 heteroatoms. The lowest BCUT2D eigenvalue weighted by Gasteiger charge is -2.10. The molecule has 0 saturated carbocycles. The summed E-state index contributed by atoms with van der Waals surface area (Å²) in [6.07, 6.45) is 2.65. The van der Waals surface area contributed by atoms with Crippen LogP contribution in [0.3, 0.4) is 0 Å². The molecule has 0 aliphatic heterocycles. The summed E-state index contributed by atoms with van der Waals surface area (Å²) in [6.45, 7) is 9.24. The largest absolute Gasteiger partial charge is 0.384 e. The molecule has 0 amide bonds. The fraction of sp³-hybridized carbons (Fsp3) is 0.167. The van der Waals surface area contributed by atoms with Crippen LogP contribution in [0, 0.1) is 6.92 Å². The first-order chi connectivity index (χ1) is 6.19. The topological polar surface area (TPSA) is 20.2 Å². The van der Waals surface area contributed by atoms with Gasteiger partial charge in [0.1, 0.15) is 0 Å². The summed E-state index contributed by atoms with van der Waals surface area (Å²) in [5.74, 6) is 0. The zero-order chi connectivity index (χ0) is 9.84. The van der Waals surface area contributed by atoms with Crippen molar-refractivity contribution in [2.45, 2.75) is 13.0 Å². The maximum atomic E-state index is 9.60. The highest BCUT2D eigenvalue weighted by molar-refractivity contribution is 5.54. The van der Waals surface area contributed by atoms with Gasteiger partial charge in [0.15, 0.2) is 0 Å². The number of benzene rings is 1. The van der Waals surface area contributed by atoms with Gasteiger partial charge in [0.05, 0.1) is 6.10 Å². The van der Waals surface area contributed by atoms with Gasteiger partial charge in [-0.3, -0.25) is 0 Å². The monoisotopic (exact) mass is 174 g/mol. The summed E-state index contributed by atoms with van der Waals surface area (Å²) >= 11 is 0. The zero-order valence-corrected chi connectivity index (χ0v) is 7.83. The van der Waals surface area contributed by atoms with E-state index in [1.807, 2.05) is 25.1 Å². The molecule has 0 heterocycles. The Morgan fingerprint density at radius 3 is 2.62 bits per heavy atom. The van der Waals surface area contributed by atoms with Gasteiger partial charge in [0.25, 0.3) is 0 Å². The summed E-state index contributed by atoms with van der Waals surface area (Å²) in [5.41, 5.74) is 2.95. The van der Waals surface area contributed by atoms with Crippen LogP contribution in [0.1, 0.15) is 22.8 Å². The third-order valence-electron chi connectivity index (χ3n) is 2.00. The number of rotatable bonds is 3. The van der Waals surface area contributed by atoms with Gasteiger partial charge in [-0.05, 0) is 18.1 Å². The standard InChI is InChI=1S/C12H14O/c1-4-10-7-6-9(3)8-11(10)12(13)5-2/h4-8,12-13H,1-2H2,3H3. The Labute approximate surface area is 79.0 Å². The maximum absolute atomic E-state index is 9.60. The van der Waals surface area contributed by atoms with E-state index in [-0.39, 0.29) is 0 Å². The van der Waals surface area contributed by atoms with E-state index in [1.54, 1.807) is 6.08 Å². The van der Waals surface area contributed by atoms with Gasteiger partial charge >= 0.3 is 0 Å². The SMILES string of the molecule is C=Cc1ccc(C)cc1C(O)C=C. The predicted molar refractivity (Wildman–Crippen MR) is 56.4 cm³/mol. The first-order valence-electron chi connectivity index (χ1n) is 4.22. The Morgan fingerprint density at radius 2 is 2.08 bits per heavy atom. The molecule has 0 spiro atoms. The van der Waals surface area contributed by atoms with E-state index < -0.39 is 6.10 Å². The number of aliphatic hydroxyl groups excluding tert-OH is 1. The third-order valence-corrected chi connectivity index (χ3v) is 2.00. The molecule has 1 N–H and O–H groups in total. The van der Waals surface area contributed by atoms with Gasteiger partial charge in [-0.2, -0.15) is 0 Å². The van der Waals surface area contributed by atoms with Crippen LogP contribution in [0.5, 0.6) is 0 Å². The van der Waals surface area contributed by atoms with E-state index in [4.69, 9.17) is 0 Å². The molecule has 0 aliphatic rings. The summed E-state index contributed by atoms with van der Waals surface area (Å²) < 4.78 is 0. The molecule has 13 heavy (non-hydrogen) atoms. The van der Waals surface area contributed by atoms with Crippen LogP contribution in [0.4, 0.5) is 0 Å². The lowest BCUT2D eigenvalue weighted by atomic mass is 10.00. The number of hydrogen-bond acceptors (Lipinski definition) is 1. The number of aliphatic hydroxyl groups is 1. The average Bonchev–Trinajstić information content (AvgIpc) is 2.16. The van der Waals surface area contributed by atoms with Gasteiger partial charge in [0.2, 0.25) is 0 Å². The molecule has 1 unspecified atom stereocenters. The van der Waals surface area contributed by atoms with E-state index in [9.17, 15) is 5.11 Å². The van der Waals surface area contributed by atoms with E-state index in [1.165, 1.54) is 6.08 Å². The van der Waals surface area contributed by atoms with Crippen molar-refractivity contribution in [3.05, 3.63) is 54.1 Å². The fourth-order valence-electron chi connectivity index (χ4n) is 1.26. The van der Waals surface area contributed by atoms with Crippen molar-refractivity contribution in [1.82, 2.24) is 0 Å². The van der Waals surface area contributed by atoms with E-state index in [0.717, 1.165) is 16.7 Å². The van der Waals surface area contributed by atoms with Crippen LogP contribution < -0.4 is 0 Å². The second kappa shape index (κ2) is 4.06. The molecule has 1 aromatic carbocycles. The Morgan fingerprint density at radius 1 is 1.38 bits per heavy atom. The zero-order valence-electron chi connectivity index (χ0n) is 7.83. The lowest BCUT2D eigenvalue weighted by molar-refractivity contribution is 0.229. The molecule has 0 aromatic heterocycles. The van der Waals surface area contributed by atoms with Crippen molar-refractivity contribution in [3.63, 3.8) is 0 Å². The normalized spacial score (nSPS) is 12.2. The third kappa shape index (κ3) is 2.07. The molecule has 0 radical (unpaired) electrons. The Hall–Kier alpha value is -1.34. The van der Waals surface area contributed by atoms with Crippen LogP contribution in [-0.4, -0.2) is 5.11 Å². The first-order valence-corrected chi connectivity index (χ1v) is 4.22. The molecule has 1 atom stereocenters. The summed E-state index contributed by atoms with van der Waals surface area (Å²) in [7, 11) is 0. The van der Waals surface area contributed by atoms with Crippen LogP contribution >= 0.6 is 0 Å². The minimum absolute atomic E-state index is 0.604. The molecule has 0 bridgehead atoms. The predicted octanol–water partition coefficient (Wildman–Crippen LogP) is 2.86. The van der Waals surface area contributed by atoms with Crippen LogP contribution in [-0.2, 0) is 0 Å². The van der Waals surface area contributed by atoms with Crippen molar-refractivity contribution in [1.29, 1.82) is 0 Å². The summed E-state index contributed by atoms with van der Waals surface area (Å²) in [6, 6.07) is 5.89. The Balaban J connectivity index is 3.22. The highest BCUT2D eigenvalue weighted by Gasteiger charge is 2.06. The van der Waals surface area contributed by atoms with Crippen molar-refractivity contribution in [3.8, 4) is 0 Å². The minimum Gasteiger partial charge on any atom is -0.384 e. The second-order valence-corrected chi connectivity index (χ2v) is 3.02. The van der Waals surface area contributed by atoms with Crippen molar-refractivity contribution in [2.75, 3.05) is 0 Å². The molecule has 0 aliphatic carbocycles. The van der Waals surface area contributed by atoms with Gasteiger partial charge in [-0.1, -0.05) is 42.5 Å². The van der Waals surface area contributed by atoms with E-state index in [2.05, 4.69) is 13.2 Å². The molecular weight excluding hydrogens is 160 g/mol. The number of aryl methyl sites for hydroxylation is 1. The Kier molecular flexibility index (Phi) is 3.04. The molecule has 1 aromatic rings. The van der Waals surface area contributed by atoms with E-state index >= 15 is 0 Å². The summed E-state index contributed by atoms with van der Waals surface area (Å²) in [4.78, 5) is 0. The van der Waals surface area contributed by atoms with Gasteiger partial charge in [-0.15, -0.1) is 6.58 Å². The van der Waals surface area contributed by atoms with Crippen molar-refractivity contribution in [2.24, 2.45) is 0 Å². The lowest BCUT2D eigenvalue weighted by Crippen LogP contribution is -1.96. The average molecular weight is 174 g/mol. The maximum Gasteiger partial charge on any atom is 0.0975 e. The van der Waals surface area contributed by atoms with Crippen LogP contribution in [0.25, 0.3) is 6.08 Å². The van der Waals surface area contributed by atoms with Crippen molar-refractivity contribution >= 4 is 6.08 Å². The molecule has 1 rings (SSSR count). The van der Waals surface area contributed by atoms with Crippen molar-refractivity contribution < 1.29 is 5.11 Å². The second-order valence-electron chi connectivity index (χ2n) is 3.02. The fourth-order valence-corrected chi connectivity index (χ4v) is 1.26. The quantitative estimate of drug-likeness (QED) is 0.698. The molecule has 0 saturated heterocycles. The Bertz CT molecular complexity index is 326. The molecule has 68 valence electrons. The summed E-state index contributed by atoms with van der Waals surface area (Å²) in [5, 5.41) is 9.60. The molecule has 1 nitrogen and oxygen atoms in total. The highest BCUT2D eigenvalue weighted by Crippen LogP contribution is 2.21. The van der Waals surface area contributed by atoms with Gasteiger partial charge < -0.3 is 5.11 Å². The van der Waals surface area contributed by atoms with Gasteiger partial charge in [0, 0.05) is 0 Å². The molecule has 0 fully saturated rings.